The lowest BCUT2D eigenvalue weighted by Gasteiger charge is -2.27. The van der Waals surface area contributed by atoms with Crippen molar-refractivity contribution in [1.29, 1.82) is 0 Å². The number of amides is 1. The van der Waals surface area contributed by atoms with E-state index in [1.54, 1.807) is 17.2 Å². The van der Waals surface area contributed by atoms with Crippen molar-refractivity contribution in [2.24, 2.45) is 0 Å². The van der Waals surface area contributed by atoms with Crippen molar-refractivity contribution in [1.82, 2.24) is 14.5 Å². The van der Waals surface area contributed by atoms with E-state index in [1.807, 2.05) is 0 Å². The molecule has 1 aliphatic heterocycles. The third kappa shape index (κ3) is 4.09. The summed E-state index contributed by atoms with van der Waals surface area (Å²) in [6, 6.07) is 6.67. The Balaban J connectivity index is 1.82. The number of piperidine rings is 1. The molecular formula is C25H22F3N3O4. The van der Waals surface area contributed by atoms with Crippen LogP contribution in [0.2, 0.25) is 0 Å². The number of ether oxygens (including phenoxy) is 2. The zero-order valence-corrected chi connectivity index (χ0v) is 18.8. The molecule has 5 rings (SSSR count). The fourth-order valence-electron chi connectivity index (χ4n) is 4.62. The van der Waals surface area contributed by atoms with Crippen molar-refractivity contribution < 1.29 is 27.4 Å². The number of hydrogen-bond acceptors (Lipinski definition) is 4. The summed E-state index contributed by atoms with van der Waals surface area (Å²) in [6.45, 7) is -2.03. The number of pyridine rings is 1. The maximum atomic E-state index is 14.4. The molecule has 0 atom stereocenters. The number of carbonyl (C=O) groups is 1. The molecule has 1 saturated heterocycles. The van der Waals surface area contributed by atoms with Gasteiger partial charge in [-0.2, -0.15) is 8.78 Å². The van der Waals surface area contributed by atoms with Crippen molar-refractivity contribution in [3.63, 3.8) is 0 Å². The molecule has 2 aromatic heterocycles. The number of hydrogen-bond donors (Lipinski definition) is 1. The molecule has 7 nitrogen and oxygen atoms in total. The largest absolute Gasteiger partial charge is 0.493 e. The molecule has 0 bridgehead atoms. The van der Waals surface area contributed by atoms with E-state index in [0.717, 1.165) is 25.3 Å². The van der Waals surface area contributed by atoms with Crippen molar-refractivity contribution in [2.75, 3.05) is 20.2 Å². The van der Waals surface area contributed by atoms with Gasteiger partial charge in [0.25, 0.3) is 11.5 Å². The maximum Gasteiger partial charge on any atom is 0.387 e. The van der Waals surface area contributed by atoms with Crippen LogP contribution in [0.1, 0.15) is 29.6 Å². The van der Waals surface area contributed by atoms with Crippen LogP contribution in [-0.2, 0) is 0 Å². The van der Waals surface area contributed by atoms with Crippen LogP contribution in [-0.4, -0.2) is 47.2 Å². The number of aromatic nitrogens is 2. The smallest absolute Gasteiger partial charge is 0.387 e. The molecule has 182 valence electrons. The molecule has 1 aliphatic rings. The van der Waals surface area contributed by atoms with Gasteiger partial charge in [0, 0.05) is 36.3 Å². The Morgan fingerprint density at radius 2 is 1.77 bits per heavy atom. The average Bonchev–Trinajstić information content (AvgIpc) is 3.32. The minimum absolute atomic E-state index is 0.0303. The topological polar surface area (TPSA) is 76.6 Å². The van der Waals surface area contributed by atoms with Gasteiger partial charge in [-0.3, -0.25) is 14.2 Å². The van der Waals surface area contributed by atoms with Crippen LogP contribution in [0.15, 0.2) is 47.5 Å². The average molecular weight is 485 g/mol. The number of benzene rings is 2. The summed E-state index contributed by atoms with van der Waals surface area (Å²) in [5.74, 6) is -1.27. The van der Waals surface area contributed by atoms with Crippen LogP contribution >= 0.6 is 0 Å². The zero-order chi connectivity index (χ0) is 24.7. The number of halogens is 3. The first-order chi connectivity index (χ1) is 16.9. The van der Waals surface area contributed by atoms with E-state index in [4.69, 9.17) is 4.74 Å². The van der Waals surface area contributed by atoms with Crippen LogP contribution in [0.5, 0.6) is 11.5 Å². The normalized spacial score (nSPS) is 14.1. The Bertz CT molecular complexity index is 1490. The van der Waals surface area contributed by atoms with Gasteiger partial charge in [-0.1, -0.05) is 0 Å². The van der Waals surface area contributed by atoms with Crippen LogP contribution < -0.4 is 15.0 Å². The number of nitrogens with one attached hydrogen (secondary N) is 1. The first-order valence-corrected chi connectivity index (χ1v) is 11.2. The number of fused-ring (bicyclic) bond motifs is 2. The number of rotatable bonds is 5. The minimum Gasteiger partial charge on any atom is -0.493 e. The van der Waals surface area contributed by atoms with Gasteiger partial charge in [0.1, 0.15) is 5.82 Å². The second-order valence-corrected chi connectivity index (χ2v) is 8.36. The predicted molar refractivity (Wildman–Crippen MR) is 124 cm³/mol. The van der Waals surface area contributed by atoms with Gasteiger partial charge in [-0.25, -0.2) is 4.39 Å². The van der Waals surface area contributed by atoms with Gasteiger partial charge in [0.15, 0.2) is 11.5 Å². The third-order valence-electron chi connectivity index (χ3n) is 6.26. The predicted octanol–water partition coefficient (Wildman–Crippen LogP) is 4.85. The highest BCUT2D eigenvalue weighted by molar-refractivity contribution is 6.07. The zero-order valence-electron chi connectivity index (χ0n) is 18.8. The molecule has 1 amide bonds. The molecule has 35 heavy (non-hydrogen) atoms. The number of methoxy groups -OCH3 is 1. The second kappa shape index (κ2) is 9.01. The van der Waals surface area contributed by atoms with Crippen molar-refractivity contribution in [3.8, 4) is 17.2 Å². The Kier molecular flexibility index (Phi) is 5.88. The highest BCUT2D eigenvalue weighted by Crippen LogP contribution is 2.35. The van der Waals surface area contributed by atoms with Crippen molar-refractivity contribution >= 4 is 27.6 Å². The molecule has 10 heteroatoms. The summed E-state index contributed by atoms with van der Waals surface area (Å²) in [5.41, 5.74) is 0.238. The fourth-order valence-corrected chi connectivity index (χ4v) is 4.62. The molecule has 0 radical (unpaired) electrons. The third-order valence-corrected chi connectivity index (χ3v) is 6.26. The van der Waals surface area contributed by atoms with E-state index < -0.39 is 18.0 Å². The number of carbonyl (C=O) groups excluding carboxylic acids is 1. The Hall–Kier alpha value is -3.95. The summed E-state index contributed by atoms with van der Waals surface area (Å²) >= 11 is 0. The molecular weight excluding hydrogens is 463 g/mol. The molecule has 0 aliphatic carbocycles. The summed E-state index contributed by atoms with van der Waals surface area (Å²) in [4.78, 5) is 31.8. The van der Waals surface area contributed by atoms with E-state index in [2.05, 4.69) is 9.72 Å². The first kappa shape index (κ1) is 22.8. The number of alkyl halides is 2. The van der Waals surface area contributed by atoms with Gasteiger partial charge in [0.2, 0.25) is 0 Å². The van der Waals surface area contributed by atoms with Crippen LogP contribution in [0.4, 0.5) is 13.2 Å². The Morgan fingerprint density at radius 3 is 2.49 bits per heavy atom. The van der Waals surface area contributed by atoms with Crippen molar-refractivity contribution in [2.45, 2.75) is 25.9 Å². The summed E-state index contributed by atoms with van der Waals surface area (Å²) in [6.07, 6.45) is 5.72. The van der Waals surface area contributed by atoms with Gasteiger partial charge >= 0.3 is 6.61 Å². The number of nitrogens with zero attached hydrogens (tertiary/aromatic N) is 2. The standard InChI is InChI=1S/C25H22F3N3O4/c1-34-21-11-16-17(12-22(21)35-25(27)28)24(33)31(13-18(16)23(32)30-7-3-2-4-8-30)20-10-14(26)9-19-15(20)5-6-29-19/h5-6,9-13,25,29H,2-4,7-8H2,1H3. The number of H-pyrrole nitrogens is 1. The molecule has 3 heterocycles. The van der Waals surface area contributed by atoms with Crippen LogP contribution in [0.25, 0.3) is 27.4 Å². The van der Waals surface area contributed by atoms with E-state index in [-0.39, 0.29) is 39.4 Å². The lowest BCUT2D eigenvalue weighted by Crippen LogP contribution is -2.36. The quantitative estimate of drug-likeness (QED) is 0.439. The highest BCUT2D eigenvalue weighted by Gasteiger charge is 2.25. The lowest BCUT2D eigenvalue weighted by molar-refractivity contribution is -0.0511. The molecule has 0 saturated carbocycles. The maximum absolute atomic E-state index is 14.4. The van der Waals surface area contributed by atoms with Crippen LogP contribution in [0.3, 0.4) is 0 Å². The van der Waals surface area contributed by atoms with Gasteiger partial charge in [-0.05, 0) is 49.6 Å². The molecule has 1 fully saturated rings. The van der Waals surface area contributed by atoms with Crippen LogP contribution in [0, 0.1) is 5.82 Å². The summed E-state index contributed by atoms with van der Waals surface area (Å²) in [7, 11) is 1.28. The molecule has 4 aromatic rings. The van der Waals surface area contributed by atoms with E-state index >= 15 is 0 Å². The number of likely N-dealkylation sites (tertiary alicyclic amines) is 1. The Labute approximate surface area is 197 Å². The van der Waals surface area contributed by atoms with Gasteiger partial charge in [-0.15, -0.1) is 0 Å². The summed E-state index contributed by atoms with van der Waals surface area (Å²) in [5, 5.41) is 0.765. The first-order valence-electron chi connectivity index (χ1n) is 11.2. The molecule has 0 spiro atoms. The molecule has 2 aromatic carbocycles. The summed E-state index contributed by atoms with van der Waals surface area (Å²) < 4.78 is 51.5. The SMILES string of the molecule is COc1cc2c(C(=O)N3CCCCC3)cn(-c3cc(F)cc4[nH]ccc34)c(=O)c2cc1OC(F)F. The fraction of sp³-hybridized carbons (Fsp3) is 0.280. The molecule has 1 N–H and O–H groups in total. The Morgan fingerprint density at radius 1 is 1.03 bits per heavy atom. The minimum atomic E-state index is -3.15. The lowest BCUT2D eigenvalue weighted by atomic mass is 10.0. The van der Waals surface area contributed by atoms with Gasteiger partial charge < -0.3 is 19.4 Å². The monoisotopic (exact) mass is 485 g/mol. The molecule has 0 unspecified atom stereocenters. The van der Waals surface area contributed by atoms with Gasteiger partial charge in [0.05, 0.1) is 29.3 Å². The second-order valence-electron chi connectivity index (χ2n) is 8.36. The number of aromatic amines is 1. The highest BCUT2D eigenvalue weighted by atomic mass is 19.3. The van der Waals surface area contributed by atoms with E-state index in [9.17, 15) is 22.8 Å². The van der Waals surface area contributed by atoms with Crippen molar-refractivity contribution in [3.05, 3.63) is 64.5 Å². The van der Waals surface area contributed by atoms with E-state index in [0.29, 0.717) is 24.0 Å². The van der Waals surface area contributed by atoms with E-state index in [1.165, 1.54) is 36.1 Å².